The topological polar surface area (TPSA) is 105 Å². The number of nitrogens with zero attached hydrogens (tertiary/aromatic N) is 2. The van der Waals surface area contributed by atoms with Crippen LogP contribution in [0, 0.1) is 6.92 Å². The molecular formula is C29H35N3O6S. The van der Waals surface area contributed by atoms with Gasteiger partial charge in [0, 0.05) is 13.1 Å². The largest absolute Gasteiger partial charge is 0.497 e. The summed E-state index contributed by atoms with van der Waals surface area (Å²) in [4.78, 5) is 28.2. The summed E-state index contributed by atoms with van der Waals surface area (Å²) < 4.78 is 39.7. The smallest absolute Gasteiger partial charge is 0.264 e. The molecule has 0 radical (unpaired) electrons. The molecule has 3 rings (SSSR count). The molecule has 0 spiro atoms. The first-order valence-corrected chi connectivity index (χ1v) is 14.0. The van der Waals surface area contributed by atoms with Gasteiger partial charge < -0.3 is 19.7 Å². The number of benzene rings is 3. The van der Waals surface area contributed by atoms with Gasteiger partial charge in [-0.15, -0.1) is 0 Å². The molecule has 2 amide bonds. The molecule has 208 valence electrons. The Morgan fingerprint density at radius 2 is 1.67 bits per heavy atom. The van der Waals surface area contributed by atoms with Gasteiger partial charge in [-0.1, -0.05) is 36.4 Å². The number of ether oxygens (including phenoxy) is 2. The summed E-state index contributed by atoms with van der Waals surface area (Å²) in [6.45, 7) is 5.14. The zero-order chi connectivity index (χ0) is 28.6. The quantitative estimate of drug-likeness (QED) is 0.366. The molecular weight excluding hydrogens is 518 g/mol. The molecule has 1 atom stereocenters. The van der Waals surface area contributed by atoms with Gasteiger partial charge >= 0.3 is 0 Å². The van der Waals surface area contributed by atoms with Gasteiger partial charge in [-0.2, -0.15) is 0 Å². The molecule has 1 N–H and O–H groups in total. The zero-order valence-corrected chi connectivity index (χ0v) is 23.7. The number of likely N-dealkylation sites (N-methyl/N-ethyl adjacent to an activating group) is 1. The number of methoxy groups -OCH3 is 2. The molecule has 0 aliphatic carbocycles. The first-order chi connectivity index (χ1) is 18.6. The Balaban J connectivity index is 2.09. The van der Waals surface area contributed by atoms with E-state index in [-0.39, 0.29) is 23.0 Å². The van der Waals surface area contributed by atoms with E-state index in [4.69, 9.17) is 9.47 Å². The van der Waals surface area contributed by atoms with Crippen LogP contribution in [0.4, 0.5) is 5.69 Å². The van der Waals surface area contributed by atoms with E-state index in [2.05, 4.69) is 5.32 Å². The van der Waals surface area contributed by atoms with E-state index in [9.17, 15) is 18.0 Å². The Labute approximate surface area is 230 Å². The number of nitrogens with one attached hydrogen (secondary N) is 1. The van der Waals surface area contributed by atoms with Crippen LogP contribution in [0.2, 0.25) is 0 Å². The van der Waals surface area contributed by atoms with Crippen LogP contribution in [0.1, 0.15) is 25.0 Å². The van der Waals surface area contributed by atoms with Crippen LogP contribution in [-0.4, -0.2) is 58.5 Å². The Kier molecular flexibility index (Phi) is 9.95. The number of anilines is 1. The molecule has 0 bridgehead atoms. The molecule has 0 aliphatic rings. The second-order valence-electron chi connectivity index (χ2n) is 8.94. The highest BCUT2D eigenvalue weighted by atomic mass is 32.2. The van der Waals surface area contributed by atoms with Gasteiger partial charge in [0.15, 0.2) is 0 Å². The van der Waals surface area contributed by atoms with Crippen molar-refractivity contribution in [1.82, 2.24) is 10.2 Å². The number of hydrogen-bond donors (Lipinski definition) is 1. The second-order valence-corrected chi connectivity index (χ2v) is 10.8. The first-order valence-electron chi connectivity index (χ1n) is 12.5. The minimum absolute atomic E-state index is 0.0254. The lowest BCUT2D eigenvalue weighted by Crippen LogP contribution is -2.51. The normalized spacial score (nSPS) is 11.8. The molecule has 0 aliphatic heterocycles. The first kappa shape index (κ1) is 29.5. The van der Waals surface area contributed by atoms with Crippen molar-refractivity contribution in [1.29, 1.82) is 0 Å². The van der Waals surface area contributed by atoms with Gasteiger partial charge in [-0.25, -0.2) is 8.42 Å². The van der Waals surface area contributed by atoms with Crippen LogP contribution in [0.25, 0.3) is 0 Å². The second kappa shape index (κ2) is 13.1. The SMILES string of the molecule is CCNC(=O)C(C)N(Cc1cccc(OC)c1)C(=O)CN(c1cc(C)ccc1OC)S(=O)(=O)c1ccccc1. The third-order valence-corrected chi connectivity index (χ3v) is 7.99. The lowest BCUT2D eigenvalue weighted by Gasteiger charge is -2.32. The predicted octanol–water partition coefficient (Wildman–Crippen LogP) is 3.76. The fraction of sp³-hybridized carbons (Fsp3) is 0.310. The molecule has 10 heteroatoms. The van der Waals surface area contributed by atoms with Crippen molar-refractivity contribution < 1.29 is 27.5 Å². The lowest BCUT2D eigenvalue weighted by atomic mass is 10.1. The number of aryl methyl sites for hydroxylation is 1. The van der Waals surface area contributed by atoms with E-state index in [1.807, 2.05) is 13.0 Å². The van der Waals surface area contributed by atoms with E-state index in [1.54, 1.807) is 75.6 Å². The van der Waals surface area contributed by atoms with Crippen molar-refractivity contribution in [3.05, 3.63) is 83.9 Å². The highest BCUT2D eigenvalue weighted by Crippen LogP contribution is 2.33. The van der Waals surface area contributed by atoms with Crippen molar-refractivity contribution in [2.24, 2.45) is 0 Å². The van der Waals surface area contributed by atoms with Gasteiger partial charge in [0.2, 0.25) is 11.8 Å². The van der Waals surface area contributed by atoms with Crippen molar-refractivity contribution in [3.8, 4) is 11.5 Å². The Bertz CT molecular complexity index is 1400. The molecule has 9 nitrogen and oxygen atoms in total. The van der Waals surface area contributed by atoms with E-state index in [1.165, 1.54) is 24.1 Å². The maximum absolute atomic E-state index is 14.0. The highest BCUT2D eigenvalue weighted by Gasteiger charge is 2.33. The molecule has 39 heavy (non-hydrogen) atoms. The van der Waals surface area contributed by atoms with Gasteiger partial charge in [0.25, 0.3) is 10.0 Å². The van der Waals surface area contributed by atoms with Gasteiger partial charge in [0.05, 0.1) is 24.8 Å². The summed E-state index contributed by atoms with van der Waals surface area (Å²) in [5, 5.41) is 2.75. The number of sulfonamides is 1. The third kappa shape index (κ3) is 7.08. The Hall–Kier alpha value is -4.05. The number of carbonyl (C=O) groups is 2. The van der Waals surface area contributed by atoms with E-state index >= 15 is 0 Å². The summed E-state index contributed by atoms with van der Waals surface area (Å²) in [5.41, 5.74) is 1.74. The molecule has 0 saturated carbocycles. The van der Waals surface area contributed by atoms with Crippen LogP contribution in [0.5, 0.6) is 11.5 Å². The summed E-state index contributed by atoms with van der Waals surface area (Å²) in [6, 6.07) is 19.3. The van der Waals surface area contributed by atoms with Crippen molar-refractivity contribution in [3.63, 3.8) is 0 Å². The zero-order valence-electron chi connectivity index (χ0n) is 22.9. The highest BCUT2D eigenvalue weighted by molar-refractivity contribution is 7.92. The third-order valence-electron chi connectivity index (χ3n) is 6.22. The number of carbonyl (C=O) groups excluding carboxylic acids is 2. The lowest BCUT2D eigenvalue weighted by molar-refractivity contribution is -0.139. The predicted molar refractivity (Wildman–Crippen MR) is 150 cm³/mol. The standard InChI is InChI=1S/C29H35N3O6S/c1-6-30-29(34)22(3)31(19-23-11-10-12-24(18-23)37-4)28(33)20-32(26-17-21(2)15-16-27(26)38-5)39(35,36)25-13-8-7-9-14-25/h7-18,22H,6,19-20H2,1-5H3,(H,30,34). The summed E-state index contributed by atoms with van der Waals surface area (Å²) in [5.74, 6) is -0.00801. The van der Waals surface area contributed by atoms with E-state index in [0.717, 1.165) is 15.4 Å². The molecule has 0 saturated heterocycles. The van der Waals surface area contributed by atoms with Crippen molar-refractivity contribution >= 4 is 27.5 Å². The maximum Gasteiger partial charge on any atom is 0.264 e. The molecule has 3 aromatic rings. The molecule has 1 unspecified atom stereocenters. The fourth-order valence-electron chi connectivity index (χ4n) is 4.10. The Morgan fingerprint density at radius 1 is 0.949 bits per heavy atom. The number of amides is 2. The van der Waals surface area contributed by atoms with Crippen molar-refractivity contribution in [2.75, 3.05) is 31.6 Å². The van der Waals surface area contributed by atoms with Gasteiger partial charge in [-0.05, 0) is 68.3 Å². The average Bonchev–Trinajstić information content (AvgIpc) is 2.94. The average molecular weight is 554 g/mol. The van der Waals surface area contributed by atoms with Gasteiger partial charge in [0.1, 0.15) is 24.1 Å². The molecule has 0 heterocycles. The number of hydrogen-bond acceptors (Lipinski definition) is 6. The van der Waals surface area contributed by atoms with Crippen molar-refractivity contribution in [2.45, 2.75) is 38.3 Å². The number of rotatable bonds is 12. The summed E-state index contributed by atoms with van der Waals surface area (Å²) >= 11 is 0. The van der Waals surface area contributed by atoms with E-state index in [0.29, 0.717) is 18.0 Å². The monoisotopic (exact) mass is 553 g/mol. The molecule has 0 aromatic heterocycles. The van der Waals surface area contributed by atoms with Crippen LogP contribution < -0.4 is 19.1 Å². The fourth-order valence-corrected chi connectivity index (χ4v) is 5.54. The van der Waals surface area contributed by atoms with Crippen LogP contribution in [-0.2, 0) is 26.2 Å². The maximum atomic E-state index is 14.0. The van der Waals surface area contributed by atoms with E-state index < -0.39 is 28.5 Å². The molecule has 0 fully saturated rings. The Morgan fingerprint density at radius 3 is 2.31 bits per heavy atom. The van der Waals surface area contributed by atoms with Crippen LogP contribution in [0.3, 0.4) is 0 Å². The molecule has 3 aromatic carbocycles. The summed E-state index contributed by atoms with van der Waals surface area (Å²) in [7, 11) is -1.20. The minimum atomic E-state index is -4.19. The van der Waals surface area contributed by atoms with Crippen LogP contribution in [0.15, 0.2) is 77.7 Å². The van der Waals surface area contributed by atoms with Crippen LogP contribution >= 0.6 is 0 Å². The minimum Gasteiger partial charge on any atom is -0.497 e. The summed E-state index contributed by atoms with van der Waals surface area (Å²) in [6.07, 6.45) is 0. The van der Waals surface area contributed by atoms with Gasteiger partial charge in [-0.3, -0.25) is 13.9 Å².